The summed E-state index contributed by atoms with van der Waals surface area (Å²) in [5.74, 6) is -1.19. The molecule has 3 aromatic rings. The number of carboxylic acid groups (broad SMARTS) is 1. The Bertz CT molecular complexity index is 1090. The van der Waals surface area contributed by atoms with Crippen LogP contribution in [-0.2, 0) is 22.5 Å². The molecule has 1 amide bonds. The Kier molecular flexibility index (Phi) is 6.25. The number of hydrogen-bond acceptors (Lipinski definition) is 4. The average molecular weight is 434 g/mol. The fraction of sp³-hybridized carbons (Fsp3) is 0.320. The second-order valence-corrected chi connectivity index (χ2v) is 8.04. The standard InChI is InChI=1S/C25H27N3O4/c1-3-12-28-16(2)17(14-26-28)13-23(24(29)30)27-25(31)32-15-22-20-10-6-4-8-18(20)19-9-5-7-11-21(19)22/h4-11,14,22-23H,3,12-13,15H2,1-2H3,(H,27,31)(H,29,30). The van der Waals surface area contributed by atoms with Crippen LogP contribution >= 0.6 is 0 Å². The van der Waals surface area contributed by atoms with Crippen LogP contribution < -0.4 is 5.32 Å². The van der Waals surface area contributed by atoms with E-state index in [2.05, 4.69) is 29.5 Å². The number of amides is 1. The fourth-order valence-electron chi connectivity index (χ4n) is 4.33. The van der Waals surface area contributed by atoms with Gasteiger partial charge in [-0.05, 0) is 41.2 Å². The lowest BCUT2D eigenvalue weighted by atomic mass is 9.98. The van der Waals surface area contributed by atoms with Gasteiger partial charge in [0.15, 0.2) is 0 Å². The molecule has 0 saturated heterocycles. The highest BCUT2D eigenvalue weighted by Crippen LogP contribution is 2.44. The molecule has 1 aliphatic rings. The number of ether oxygens (including phenoxy) is 1. The minimum atomic E-state index is -1.11. The maximum absolute atomic E-state index is 12.5. The minimum Gasteiger partial charge on any atom is -0.480 e. The van der Waals surface area contributed by atoms with E-state index in [4.69, 9.17) is 4.74 Å². The molecule has 4 rings (SSSR count). The van der Waals surface area contributed by atoms with Crippen LogP contribution in [0.15, 0.2) is 54.7 Å². The lowest BCUT2D eigenvalue weighted by Gasteiger charge is -2.17. The van der Waals surface area contributed by atoms with Crippen LogP contribution in [0.25, 0.3) is 11.1 Å². The van der Waals surface area contributed by atoms with E-state index in [0.29, 0.717) is 0 Å². The van der Waals surface area contributed by atoms with Crippen LogP contribution in [0.4, 0.5) is 4.79 Å². The van der Waals surface area contributed by atoms with Crippen molar-refractivity contribution in [2.45, 2.75) is 45.2 Å². The zero-order valence-electron chi connectivity index (χ0n) is 18.2. The summed E-state index contributed by atoms with van der Waals surface area (Å²) in [6, 6.07) is 15.0. The largest absolute Gasteiger partial charge is 0.480 e. The first-order valence-corrected chi connectivity index (χ1v) is 10.8. The highest BCUT2D eigenvalue weighted by atomic mass is 16.5. The predicted octanol–water partition coefficient (Wildman–Crippen LogP) is 4.14. The van der Waals surface area contributed by atoms with Gasteiger partial charge in [0.25, 0.3) is 0 Å². The Morgan fingerprint density at radius 3 is 2.34 bits per heavy atom. The van der Waals surface area contributed by atoms with E-state index in [1.54, 1.807) is 6.20 Å². The molecule has 7 nitrogen and oxygen atoms in total. The molecule has 166 valence electrons. The number of aromatic nitrogens is 2. The number of carbonyl (C=O) groups excluding carboxylic acids is 1. The van der Waals surface area contributed by atoms with E-state index in [-0.39, 0.29) is 18.9 Å². The van der Waals surface area contributed by atoms with Crippen molar-refractivity contribution in [1.82, 2.24) is 15.1 Å². The molecule has 32 heavy (non-hydrogen) atoms. The normalized spacial score (nSPS) is 13.3. The third-order valence-electron chi connectivity index (χ3n) is 6.00. The highest BCUT2D eigenvalue weighted by molar-refractivity contribution is 5.81. The van der Waals surface area contributed by atoms with Crippen molar-refractivity contribution >= 4 is 12.1 Å². The minimum absolute atomic E-state index is 0.0778. The molecule has 1 unspecified atom stereocenters. The Hall–Kier alpha value is -3.61. The van der Waals surface area contributed by atoms with Crippen molar-refractivity contribution in [3.05, 3.63) is 77.1 Å². The van der Waals surface area contributed by atoms with Gasteiger partial charge in [0.1, 0.15) is 12.6 Å². The highest BCUT2D eigenvalue weighted by Gasteiger charge is 2.30. The number of carboxylic acids is 1. The van der Waals surface area contributed by atoms with E-state index in [1.165, 1.54) is 0 Å². The van der Waals surface area contributed by atoms with Gasteiger partial charge >= 0.3 is 12.1 Å². The van der Waals surface area contributed by atoms with Crippen LogP contribution in [0.3, 0.4) is 0 Å². The first-order valence-electron chi connectivity index (χ1n) is 10.8. The molecule has 0 spiro atoms. The van der Waals surface area contributed by atoms with Crippen LogP contribution in [0, 0.1) is 6.92 Å². The summed E-state index contributed by atoms with van der Waals surface area (Å²) in [7, 11) is 0. The molecule has 1 aliphatic carbocycles. The van der Waals surface area contributed by atoms with Crippen molar-refractivity contribution in [2.24, 2.45) is 0 Å². The molecule has 2 aromatic carbocycles. The summed E-state index contributed by atoms with van der Waals surface area (Å²) in [6.45, 7) is 4.87. The maximum atomic E-state index is 12.5. The van der Waals surface area contributed by atoms with Crippen molar-refractivity contribution in [3.63, 3.8) is 0 Å². The molecule has 0 saturated carbocycles. The number of fused-ring (bicyclic) bond motifs is 3. The van der Waals surface area contributed by atoms with Gasteiger partial charge in [-0.1, -0.05) is 55.5 Å². The topological polar surface area (TPSA) is 93.5 Å². The Morgan fingerprint density at radius 1 is 1.12 bits per heavy atom. The van der Waals surface area contributed by atoms with Gasteiger partial charge in [0, 0.05) is 24.6 Å². The molecule has 1 atom stereocenters. The number of aliphatic carboxylic acids is 1. The fourth-order valence-corrected chi connectivity index (χ4v) is 4.33. The molecule has 0 radical (unpaired) electrons. The number of rotatable bonds is 8. The summed E-state index contributed by atoms with van der Waals surface area (Å²) < 4.78 is 7.35. The first-order chi connectivity index (χ1) is 15.5. The van der Waals surface area contributed by atoms with Gasteiger partial charge in [-0.15, -0.1) is 0 Å². The van der Waals surface area contributed by atoms with Crippen molar-refractivity contribution in [3.8, 4) is 11.1 Å². The smallest absolute Gasteiger partial charge is 0.407 e. The lowest BCUT2D eigenvalue weighted by Crippen LogP contribution is -2.43. The number of aryl methyl sites for hydroxylation is 1. The van der Waals surface area contributed by atoms with Crippen LogP contribution in [0.5, 0.6) is 0 Å². The van der Waals surface area contributed by atoms with Gasteiger partial charge in [-0.3, -0.25) is 4.68 Å². The molecular weight excluding hydrogens is 406 g/mol. The third-order valence-corrected chi connectivity index (χ3v) is 6.00. The number of hydrogen-bond donors (Lipinski definition) is 2. The number of carbonyl (C=O) groups is 2. The van der Waals surface area contributed by atoms with Gasteiger partial charge in [0.05, 0.1) is 6.20 Å². The Balaban J connectivity index is 1.42. The number of nitrogens with one attached hydrogen (secondary N) is 1. The second kappa shape index (κ2) is 9.26. The number of nitrogens with zero attached hydrogens (tertiary/aromatic N) is 2. The van der Waals surface area contributed by atoms with Crippen LogP contribution in [0.2, 0.25) is 0 Å². The van der Waals surface area contributed by atoms with Crippen LogP contribution in [0.1, 0.15) is 41.6 Å². The second-order valence-electron chi connectivity index (χ2n) is 8.04. The molecule has 0 fully saturated rings. The molecule has 1 heterocycles. The predicted molar refractivity (Wildman–Crippen MR) is 121 cm³/mol. The third kappa shape index (κ3) is 4.23. The summed E-state index contributed by atoms with van der Waals surface area (Å²) in [4.78, 5) is 24.3. The molecule has 0 bridgehead atoms. The summed E-state index contributed by atoms with van der Waals surface area (Å²) >= 11 is 0. The quantitative estimate of drug-likeness (QED) is 0.557. The monoisotopic (exact) mass is 433 g/mol. The zero-order chi connectivity index (χ0) is 22.7. The van der Waals surface area contributed by atoms with Gasteiger partial charge in [0.2, 0.25) is 0 Å². The SMILES string of the molecule is CCCn1ncc(CC(NC(=O)OCC2c3ccccc3-c3ccccc32)C(=O)O)c1C. The molecule has 2 N–H and O–H groups in total. The number of benzene rings is 2. The molecule has 7 heteroatoms. The number of alkyl carbamates (subject to hydrolysis) is 1. The Morgan fingerprint density at radius 2 is 1.75 bits per heavy atom. The summed E-state index contributed by atoms with van der Waals surface area (Å²) in [6.07, 6.45) is 2.01. The molecule has 1 aromatic heterocycles. The summed E-state index contributed by atoms with van der Waals surface area (Å²) in [5, 5.41) is 16.4. The average Bonchev–Trinajstić information content (AvgIpc) is 3.30. The van der Waals surface area contributed by atoms with Crippen molar-refractivity contribution in [1.29, 1.82) is 0 Å². The lowest BCUT2D eigenvalue weighted by molar-refractivity contribution is -0.139. The van der Waals surface area contributed by atoms with E-state index in [9.17, 15) is 14.7 Å². The van der Waals surface area contributed by atoms with E-state index < -0.39 is 18.1 Å². The van der Waals surface area contributed by atoms with Crippen molar-refractivity contribution in [2.75, 3.05) is 6.61 Å². The Labute approximate surface area is 187 Å². The van der Waals surface area contributed by atoms with Crippen molar-refractivity contribution < 1.29 is 19.4 Å². The van der Waals surface area contributed by atoms with E-state index in [1.807, 2.05) is 48.0 Å². The molecule has 0 aliphatic heterocycles. The van der Waals surface area contributed by atoms with Gasteiger partial charge in [-0.2, -0.15) is 5.10 Å². The zero-order valence-corrected chi connectivity index (χ0v) is 18.2. The van der Waals surface area contributed by atoms with E-state index in [0.717, 1.165) is 46.5 Å². The van der Waals surface area contributed by atoms with Crippen LogP contribution in [-0.4, -0.2) is 39.6 Å². The van der Waals surface area contributed by atoms with Gasteiger partial charge in [-0.25, -0.2) is 9.59 Å². The summed E-state index contributed by atoms with van der Waals surface area (Å²) in [5.41, 5.74) is 6.20. The maximum Gasteiger partial charge on any atom is 0.407 e. The molecular formula is C25H27N3O4. The first kappa shape index (κ1) is 21.6. The van der Waals surface area contributed by atoms with Gasteiger partial charge < -0.3 is 15.2 Å². The van der Waals surface area contributed by atoms with E-state index >= 15 is 0 Å².